The number of nitrogens with one attached hydrogen (secondary N) is 2. The van der Waals surface area contributed by atoms with Gasteiger partial charge in [-0.3, -0.25) is 9.59 Å². The van der Waals surface area contributed by atoms with Gasteiger partial charge in [0.2, 0.25) is 5.95 Å². The van der Waals surface area contributed by atoms with Gasteiger partial charge in [-0.15, -0.1) is 0 Å². The number of piperidine rings is 1. The highest BCUT2D eigenvalue weighted by Gasteiger charge is 2.22. The van der Waals surface area contributed by atoms with Crippen molar-refractivity contribution in [2.24, 2.45) is 5.92 Å². The second kappa shape index (κ2) is 8.27. The Morgan fingerprint density at radius 1 is 1.12 bits per heavy atom. The molecule has 0 unspecified atom stereocenters. The molecule has 0 aromatic carbocycles. The lowest BCUT2D eigenvalue weighted by Crippen LogP contribution is -2.43. The molecule has 132 valence electrons. The lowest BCUT2D eigenvalue weighted by atomic mass is 9.97. The van der Waals surface area contributed by atoms with E-state index in [0.29, 0.717) is 18.2 Å². The first-order chi connectivity index (χ1) is 12.2. The van der Waals surface area contributed by atoms with Gasteiger partial charge in [0.05, 0.1) is 12.8 Å². The molecule has 1 fully saturated rings. The Balaban J connectivity index is 1.36. The van der Waals surface area contributed by atoms with Crippen LogP contribution in [0.25, 0.3) is 0 Å². The fourth-order valence-electron chi connectivity index (χ4n) is 2.77. The Morgan fingerprint density at radius 2 is 1.84 bits per heavy atom. The van der Waals surface area contributed by atoms with Crippen molar-refractivity contribution in [2.75, 3.05) is 24.5 Å². The molecule has 1 aliphatic heterocycles. The summed E-state index contributed by atoms with van der Waals surface area (Å²) >= 11 is 0. The number of carbonyl (C=O) groups excluding carboxylic acids is 2. The summed E-state index contributed by atoms with van der Waals surface area (Å²) in [5.74, 6) is 0.438. The van der Waals surface area contributed by atoms with Gasteiger partial charge < -0.3 is 20.0 Å². The molecule has 0 saturated carbocycles. The molecule has 3 heterocycles. The number of nitrogens with zero attached hydrogens (tertiary/aromatic N) is 3. The molecule has 1 aliphatic rings. The molecular weight excluding hydrogens is 322 g/mol. The minimum Gasteiger partial charge on any atom is -0.467 e. The minimum atomic E-state index is -0.647. The van der Waals surface area contributed by atoms with E-state index in [4.69, 9.17) is 4.42 Å². The van der Waals surface area contributed by atoms with Crippen LogP contribution < -0.4 is 15.5 Å². The lowest BCUT2D eigenvalue weighted by molar-refractivity contribution is -0.139. The SMILES string of the molecule is O=C(NCc1ccco1)C(=O)NCC1CCN(c2ncccn2)CC1. The molecule has 8 heteroatoms. The Morgan fingerprint density at radius 3 is 2.52 bits per heavy atom. The highest BCUT2D eigenvalue weighted by Crippen LogP contribution is 2.19. The van der Waals surface area contributed by atoms with Gasteiger partial charge >= 0.3 is 11.8 Å². The molecule has 0 spiro atoms. The standard InChI is InChI=1S/C17H21N5O3/c23-15(16(24)21-12-14-3-1-10-25-14)20-11-13-4-8-22(9-5-13)17-18-6-2-7-19-17/h1-3,6-7,10,13H,4-5,8-9,11-12H2,(H,20,23)(H,21,24). The van der Waals surface area contributed by atoms with E-state index in [0.717, 1.165) is 31.9 Å². The van der Waals surface area contributed by atoms with E-state index in [2.05, 4.69) is 25.5 Å². The summed E-state index contributed by atoms with van der Waals surface area (Å²) in [7, 11) is 0. The van der Waals surface area contributed by atoms with E-state index >= 15 is 0 Å². The molecule has 2 N–H and O–H groups in total. The molecule has 2 aromatic heterocycles. The zero-order valence-electron chi connectivity index (χ0n) is 13.9. The number of anilines is 1. The zero-order chi connectivity index (χ0) is 17.5. The van der Waals surface area contributed by atoms with Gasteiger partial charge in [0.25, 0.3) is 0 Å². The first-order valence-corrected chi connectivity index (χ1v) is 8.33. The first-order valence-electron chi connectivity index (χ1n) is 8.33. The fourth-order valence-corrected chi connectivity index (χ4v) is 2.77. The number of hydrogen-bond acceptors (Lipinski definition) is 6. The van der Waals surface area contributed by atoms with Gasteiger partial charge in [-0.25, -0.2) is 9.97 Å². The van der Waals surface area contributed by atoms with Crippen molar-refractivity contribution in [2.45, 2.75) is 19.4 Å². The molecule has 2 aromatic rings. The van der Waals surface area contributed by atoms with Crippen molar-refractivity contribution < 1.29 is 14.0 Å². The normalized spacial score (nSPS) is 15.0. The highest BCUT2D eigenvalue weighted by atomic mass is 16.3. The van der Waals surface area contributed by atoms with Gasteiger partial charge in [0.15, 0.2) is 0 Å². The fraction of sp³-hybridized carbons (Fsp3) is 0.412. The zero-order valence-corrected chi connectivity index (χ0v) is 13.9. The van der Waals surface area contributed by atoms with E-state index in [1.807, 2.05) is 0 Å². The van der Waals surface area contributed by atoms with E-state index < -0.39 is 11.8 Å². The number of furan rings is 1. The molecule has 25 heavy (non-hydrogen) atoms. The topological polar surface area (TPSA) is 100 Å². The number of hydrogen-bond donors (Lipinski definition) is 2. The van der Waals surface area contributed by atoms with Crippen molar-refractivity contribution in [3.8, 4) is 0 Å². The Bertz CT molecular complexity index is 682. The van der Waals surface area contributed by atoms with Crippen LogP contribution in [0.3, 0.4) is 0 Å². The third kappa shape index (κ3) is 4.79. The second-order valence-corrected chi connectivity index (χ2v) is 5.95. The molecule has 0 atom stereocenters. The summed E-state index contributed by atoms with van der Waals surface area (Å²) in [6, 6.07) is 5.26. The van der Waals surface area contributed by atoms with E-state index in [1.165, 1.54) is 6.26 Å². The number of amides is 2. The molecule has 8 nitrogen and oxygen atoms in total. The predicted molar refractivity (Wildman–Crippen MR) is 90.5 cm³/mol. The van der Waals surface area contributed by atoms with E-state index in [1.54, 1.807) is 30.6 Å². The van der Waals surface area contributed by atoms with Crippen LogP contribution in [0.4, 0.5) is 5.95 Å². The Kier molecular flexibility index (Phi) is 5.61. The maximum Gasteiger partial charge on any atom is 0.309 e. The average Bonchev–Trinajstić information content (AvgIpc) is 3.19. The van der Waals surface area contributed by atoms with Crippen LogP contribution in [0.2, 0.25) is 0 Å². The summed E-state index contributed by atoms with van der Waals surface area (Å²) in [6.45, 7) is 2.38. The summed E-state index contributed by atoms with van der Waals surface area (Å²) in [5, 5.41) is 5.24. The third-order valence-electron chi connectivity index (χ3n) is 4.21. The van der Waals surface area contributed by atoms with Crippen molar-refractivity contribution >= 4 is 17.8 Å². The smallest absolute Gasteiger partial charge is 0.309 e. The van der Waals surface area contributed by atoms with Crippen LogP contribution >= 0.6 is 0 Å². The second-order valence-electron chi connectivity index (χ2n) is 5.95. The monoisotopic (exact) mass is 343 g/mol. The highest BCUT2D eigenvalue weighted by molar-refractivity contribution is 6.35. The molecular formula is C17H21N5O3. The van der Waals surface area contributed by atoms with Crippen LogP contribution in [-0.2, 0) is 16.1 Å². The van der Waals surface area contributed by atoms with E-state index in [9.17, 15) is 9.59 Å². The molecule has 3 rings (SSSR count). The van der Waals surface area contributed by atoms with Gasteiger partial charge in [0, 0.05) is 32.0 Å². The summed E-state index contributed by atoms with van der Waals surface area (Å²) in [5.41, 5.74) is 0. The maximum absolute atomic E-state index is 11.8. The maximum atomic E-state index is 11.8. The van der Waals surface area contributed by atoms with Gasteiger partial charge in [-0.05, 0) is 37.0 Å². The van der Waals surface area contributed by atoms with Crippen LogP contribution in [-0.4, -0.2) is 41.4 Å². The first kappa shape index (κ1) is 16.9. The van der Waals surface area contributed by atoms with Crippen LogP contribution in [0.15, 0.2) is 41.3 Å². The minimum absolute atomic E-state index is 0.203. The summed E-state index contributed by atoms with van der Waals surface area (Å²) in [6.07, 6.45) is 6.83. The molecule has 1 saturated heterocycles. The van der Waals surface area contributed by atoms with Crippen LogP contribution in [0, 0.1) is 5.92 Å². The number of aromatic nitrogens is 2. The van der Waals surface area contributed by atoms with Crippen LogP contribution in [0.5, 0.6) is 0 Å². The molecule has 0 radical (unpaired) electrons. The van der Waals surface area contributed by atoms with Gasteiger partial charge in [-0.1, -0.05) is 0 Å². The van der Waals surface area contributed by atoms with Crippen molar-refractivity contribution in [3.63, 3.8) is 0 Å². The molecule has 0 bridgehead atoms. The van der Waals surface area contributed by atoms with Crippen molar-refractivity contribution in [1.82, 2.24) is 20.6 Å². The number of rotatable bonds is 5. The van der Waals surface area contributed by atoms with Gasteiger partial charge in [-0.2, -0.15) is 0 Å². The average molecular weight is 343 g/mol. The lowest BCUT2D eigenvalue weighted by Gasteiger charge is -2.31. The molecule has 0 aliphatic carbocycles. The van der Waals surface area contributed by atoms with Crippen molar-refractivity contribution in [3.05, 3.63) is 42.6 Å². The number of carbonyl (C=O) groups is 2. The Labute approximate surface area is 145 Å². The summed E-state index contributed by atoms with van der Waals surface area (Å²) < 4.78 is 5.10. The largest absolute Gasteiger partial charge is 0.467 e. The van der Waals surface area contributed by atoms with Gasteiger partial charge in [0.1, 0.15) is 5.76 Å². The quantitative estimate of drug-likeness (QED) is 0.776. The third-order valence-corrected chi connectivity index (χ3v) is 4.21. The predicted octanol–water partition coefficient (Wildman–Crippen LogP) is 0.719. The van der Waals surface area contributed by atoms with E-state index in [-0.39, 0.29) is 6.54 Å². The van der Waals surface area contributed by atoms with Crippen LogP contribution in [0.1, 0.15) is 18.6 Å². The molecule has 2 amide bonds. The van der Waals surface area contributed by atoms with Crippen molar-refractivity contribution in [1.29, 1.82) is 0 Å². The summed E-state index contributed by atoms with van der Waals surface area (Å²) in [4.78, 5) is 34.2. The Hall–Kier alpha value is -2.90.